The van der Waals surface area contributed by atoms with Gasteiger partial charge in [0, 0.05) is 0 Å². The van der Waals surface area contributed by atoms with Crippen molar-refractivity contribution < 1.29 is 84.3 Å². The Hall–Kier alpha value is -0.970. The zero-order valence-corrected chi connectivity index (χ0v) is 19.4. The summed E-state index contributed by atoms with van der Waals surface area (Å²) in [7, 11) is 0. The summed E-state index contributed by atoms with van der Waals surface area (Å²) in [6, 6.07) is 0. The van der Waals surface area contributed by atoms with Gasteiger partial charge in [-0.25, -0.2) is 0 Å². The van der Waals surface area contributed by atoms with E-state index in [0.717, 1.165) is 0 Å². The first-order valence-corrected chi connectivity index (χ1v) is 11.5. The van der Waals surface area contributed by atoms with E-state index < -0.39 is 105 Å². The number of hydrogen-bond acceptors (Lipinski definition) is 17. The van der Waals surface area contributed by atoms with Gasteiger partial charge in [0.2, 0.25) is 0 Å². The number of ether oxygens (including phenoxy) is 6. The molecule has 17 nitrogen and oxygen atoms in total. The van der Waals surface area contributed by atoms with Crippen molar-refractivity contribution in [3.05, 3.63) is 0 Å². The van der Waals surface area contributed by atoms with Crippen molar-refractivity contribution in [3.63, 3.8) is 0 Å². The molecule has 0 saturated carbocycles. The molecule has 37 heavy (non-hydrogen) atoms. The second-order valence-corrected chi connectivity index (χ2v) is 8.94. The van der Waals surface area contributed by atoms with Crippen molar-refractivity contribution in [2.24, 2.45) is 0 Å². The zero-order chi connectivity index (χ0) is 27.4. The van der Waals surface area contributed by atoms with Crippen molar-refractivity contribution in [1.29, 1.82) is 0 Å². The molecule has 3 fully saturated rings. The van der Waals surface area contributed by atoms with Crippen LogP contribution in [0, 0.1) is 0 Å². The second-order valence-electron chi connectivity index (χ2n) is 8.94. The van der Waals surface area contributed by atoms with E-state index in [9.17, 15) is 55.9 Å². The van der Waals surface area contributed by atoms with Gasteiger partial charge in [-0.1, -0.05) is 0 Å². The lowest BCUT2D eigenvalue weighted by Gasteiger charge is -2.44. The lowest BCUT2D eigenvalue weighted by atomic mass is 10.0. The highest BCUT2D eigenvalue weighted by Crippen LogP contribution is 2.27. The molecule has 3 saturated heterocycles. The first-order chi connectivity index (χ1) is 17.5. The maximum Gasteiger partial charge on any atom is 0.186 e. The lowest BCUT2D eigenvalue weighted by molar-refractivity contribution is -0.352. The summed E-state index contributed by atoms with van der Waals surface area (Å²) in [6.07, 6.45) is -23.8. The summed E-state index contributed by atoms with van der Waals surface area (Å²) in [4.78, 5) is 10.6. The Morgan fingerprint density at radius 3 is 1.68 bits per heavy atom. The van der Waals surface area contributed by atoms with Crippen molar-refractivity contribution >= 4 is 6.29 Å². The molecule has 0 aromatic rings. The predicted octanol–water partition coefficient (Wildman–Crippen LogP) is -7.35. The molecule has 216 valence electrons. The Morgan fingerprint density at radius 2 is 1.16 bits per heavy atom. The summed E-state index contributed by atoms with van der Waals surface area (Å²) in [5.74, 6) is 0. The van der Waals surface area contributed by atoms with Crippen LogP contribution in [0.5, 0.6) is 0 Å². The van der Waals surface area contributed by atoms with Gasteiger partial charge in [0.25, 0.3) is 0 Å². The molecule has 3 rings (SSSR count). The third kappa shape index (κ3) is 6.97. The Kier molecular flexibility index (Phi) is 11.1. The van der Waals surface area contributed by atoms with Crippen molar-refractivity contribution in [2.45, 2.75) is 92.1 Å². The fraction of sp³-hybridized carbons (Fsp3) is 0.950. The summed E-state index contributed by atoms with van der Waals surface area (Å²) < 4.78 is 31.7. The van der Waals surface area contributed by atoms with Crippen LogP contribution in [0.4, 0.5) is 0 Å². The molecule has 10 N–H and O–H groups in total. The van der Waals surface area contributed by atoms with Gasteiger partial charge in [-0.3, -0.25) is 0 Å². The molecule has 3 aliphatic rings. The van der Waals surface area contributed by atoms with E-state index in [1.807, 2.05) is 0 Å². The minimum Gasteiger partial charge on any atom is -0.394 e. The average Bonchev–Trinajstić information content (AvgIpc) is 2.89. The Morgan fingerprint density at radius 1 is 0.703 bits per heavy atom. The first kappa shape index (κ1) is 30.6. The molecule has 0 spiro atoms. The highest BCUT2D eigenvalue weighted by molar-refractivity contribution is 5.56. The minimum absolute atomic E-state index is 0.0190. The third-order valence-electron chi connectivity index (χ3n) is 6.30. The quantitative estimate of drug-likeness (QED) is 0.114. The van der Waals surface area contributed by atoms with Gasteiger partial charge in [0.1, 0.15) is 73.2 Å². The minimum atomic E-state index is -1.88. The van der Waals surface area contributed by atoms with Gasteiger partial charge in [-0.05, 0) is 0 Å². The van der Waals surface area contributed by atoms with Crippen LogP contribution in [0.2, 0.25) is 0 Å². The normalized spacial score (nSPS) is 45.7. The molecule has 3 heterocycles. The Bertz CT molecular complexity index is 714. The third-order valence-corrected chi connectivity index (χ3v) is 6.30. The average molecular weight is 546 g/mol. The Balaban J connectivity index is 1.52. The molecule has 3 aliphatic heterocycles. The van der Waals surface area contributed by atoms with Gasteiger partial charge >= 0.3 is 0 Å². The van der Waals surface area contributed by atoms with Gasteiger partial charge in [-0.2, -0.15) is 0 Å². The fourth-order valence-corrected chi connectivity index (χ4v) is 3.96. The molecule has 0 aromatic carbocycles. The van der Waals surface area contributed by atoms with Crippen LogP contribution in [0.3, 0.4) is 0 Å². The number of rotatable bonds is 10. The number of carbonyl (C=O) groups is 1. The fourth-order valence-electron chi connectivity index (χ4n) is 3.96. The maximum absolute atomic E-state index is 10.6. The van der Waals surface area contributed by atoms with Crippen molar-refractivity contribution in [1.82, 2.24) is 0 Å². The number of hydrogen-bond donors (Lipinski definition) is 10. The highest BCUT2D eigenvalue weighted by atomic mass is 16.7. The topological polar surface area (TPSA) is 275 Å². The van der Waals surface area contributed by atoms with Crippen LogP contribution in [0.25, 0.3) is 0 Å². The smallest absolute Gasteiger partial charge is 0.186 e. The van der Waals surface area contributed by atoms with Crippen molar-refractivity contribution in [3.8, 4) is 0 Å². The van der Waals surface area contributed by atoms with E-state index >= 15 is 0 Å². The van der Waals surface area contributed by atoms with E-state index in [1.54, 1.807) is 0 Å². The number of aliphatic hydroxyl groups excluding tert-OH is 10. The second kappa shape index (κ2) is 13.4. The van der Waals surface area contributed by atoms with Gasteiger partial charge in [-0.15, -0.1) is 0 Å². The molecule has 0 aromatic heterocycles. The standard InChI is InChI=1S/C20H34O17/c21-1-6(23)11(25)8(2-22)35-19-16(30)13(27)10(4-33-19)37-20-17(31)14(28)9(5-34-20)36-18-15(29)12(26)7(24)3-32-18/h1,6-20,22-31H,2-5H2/t6-,7+,8+,9+,10+,11+,12-,13-,14-,15+,16+,17+,18?,19-,20-/m0/s1. The molecule has 0 bridgehead atoms. The van der Waals surface area contributed by atoms with Crippen LogP contribution in [-0.4, -0.2) is 176 Å². The number of carbonyl (C=O) groups excluding carboxylic acids is 1. The van der Waals surface area contributed by atoms with Crippen molar-refractivity contribution in [2.75, 3.05) is 26.4 Å². The molecular weight excluding hydrogens is 512 g/mol. The highest BCUT2D eigenvalue weighted by Gasteiger charge is 2.48. The number of aldehydes is 1. The molecule has 15 atom stereocenters. The Labute approximate surface area is 209 Å². The molecule has 0 amide bonds. The zero-order valence-electron chi connectivity index (χ0n) is 19.4. The summed E-state index contributed by atoms with van der Waals surface area (Å²) in [6.45, 7) is -2.04. The summed E-state index contributed by atoms with van der Waals surface area (Å²) in [5, 5.41) is 99.4. The predicted molar refractivity (Wildman–Crippen MR) is 111 cm³/mol. The maximum atomic E-state index is 10.6. The lowest BCUT2D eigenvalue weighted by Crippen LogP contribution is -2.62. The molecular formula is C20H34O17. The van der Waals surface area contributed by atoms with Gasteiger partial charge < -0.3 is 84.3 Å². The van der Waals surface area contributed by atoms with Crippen LogP contribution in [-0.2, 0) is 33.2 Å². The molecule has 1 unspecified atom stereocenters. The largest absolute Gasteiger partial charge is 0.394 e. The van der Waals surface area contributed by atoms with Gasteiger partial charge in [0.15, 0.2) is 25.2 Å². The number of aliphatic hydroxyl groups is 10. The van der Waals surface area contributed by atoms with Crippen LogP contribution < -0.4 is 0 Å². The van der Waals surface area contributed by atoms with E-state index in [0.29, 0.717) is 0 Å². The molecule has 17 heteroatoms. The first-order valence-electron chi connectivity index (χ1n) is 11.5. The van der Waals surface area contributed by atoms with Crippen LogP contribution in [0.15, 0.2) is 0 Å². The van der Waals surface area contributed by atoms with E-state index in [1.165, 1.54) is 0 Å². The summed E-state index contributed by atoms with van der Waals surface area (Å²) >= 11 is 0. The molecule has 0 aliphatic carbocycles. The van der Waals surface area contributed by atoms with Crippen LogP contribution >= 0.6 is 0 Å². The van der Waals surface area contributed by atoms with E-state index in [-0.39, 0.29) is 19.5 Å². The summed E-state index contributed by atoms with van der Waals surface area (Å²) in [5.41, 5.74) is 0. The monoisotopic (exact) mass is 546 g/mol. The van der Waals surface area contributed by atoms with E-state index in [4.69, 9.17) is 28.4 Å². The SMILES string of the molecule is O=C[C@H](O)[C@@H](O)[C@@H](CO)O[C@@H]1OC[C@@H](O[C@@H]2OC[C@@H](OC3OC[C@@H](O)[C@H](O)[C@H]3O)[C@H](O)[C@H]2O)[C@H](O)[C@H]1O. The molecule has 0 radical (unpaired) electrons. The van der Waals surface area contributed by atoms with Gasteiger partial charge in [0.05, 0.1) is 26.4 Å². The van der Waals surface area contributed by atoms with E-state index in [2.05, 4.69) is 0 Å². The van der Waals surface area contributed by atoms with Crippen LogP contribution in [0.1, 0.15) is 0 Å².